The van der Waals surface area contributed by atoms with E-state index in [0.29, 0.717) is 51.5 Å². The maximum absolute atomic E-state index is 13.1. The zero-order valence-electron chi connectivity index (χ0n) is 24.3. The summed E-state index contributed by atoms with van der Waals surface area (Å²) in [6, 6.07) is -0.808. The summed E-state index contributed by atoms with van der Waals surface area (Å²) in [5, 5.41) is 44.6. The number of hydrogen-bond acceptors (Lipinski definition) is 12. The van der Waals surface area contributed by atoms with Gasteiger partial charge in [0.15, 0.2) is 6.29 Å². The molecule has 1 aliphatic rings. The highest BCUT2D eigenvalue weighted by Crippen LogP contribution is 2.21. The molecule has 236 valence electrons. The van der Waals surface area contributed by atoms with Crippen LogP contribution in [0, 0.1) is 0 Å². The Labute approximate surface area is 240 Å². The van der Waals surface area contributed by atoms with Gasteiger partial charge in [-0.05, 0) is 52.9 Å². The summed E-state index contributed by atoms with van der Waals surface area (Å²) in [7, 11) is 0. The van der Waals surface area contributed by atoms with Crippen LogP contribution in [0.15, 0.2) is 0 Å². The molecule has 14 heteroatoms. The fourth-order valence-electron chi connectivity index (χ4n) is 4.44. The Hall–Kier alpha value is -2.33. The second-order valence-corrected chi connectivity index (χ2v) is 10.4. The van der Waals surface area contributed by atoms with Gasteiger partial charge in [-0.3, -0.25) is 24.1 Å². The normalized spacial score (nSPS) is 23.2. The van der Waals surface area contributed by atoms with Gasteiger partial charge < -0.3 is 45.3 Å². The molecule has 1 unspecified atom stereocenters. The summed E-state index contributed by atoms with van der Waals surface area (Å²) in [6.45, 7) is 3.66. The third-order valence-corrected chi connectivity index (χ3v) is 6.54. The predicted molar refractivity (Wildman–Crippen MR) is 145 cm³/mol. The van der Waals surface area contributed by atoms with Crippen LogP contribution in [0.1, 0.15) is 65.7 Å². The minimum atomic E-state index is -1.59. The number of nitrogens with one attached hydrogen (secondary N) is 2. The van der Waals surface area contributed by atoms with E-state index in [1.807, 2.05) is 0 Å². The zero-order chi connectivity index (χ0) is 30.9. The third kappa shape index (κ3) is 14.4. The molecule has 0 aromatic carbocycles. The summed E-state index contributed by atoms with van der Waals surface area (Å²) in [6.07, 6.45) is -3.67. The lowest BCUT2D eigenvalue weighted by Crippen LogP contribution is -2.59. The van der Waals surface area contributed by atoms with Crippen molar-refractivity contribution in [1.82, 2.24) is 15.5 Å². The molecule has 0 aromatic heterocycles. The molecule has 1 rings (SSSR count). The number of carbonyl (C=O) groups is 5. The number of Topliss-reactive ketones (excluding diaryl/α,β-unsaturated/α-hetero) is 3. The monoisotopic (exact) mass is 589 g/mol. The van der Waals surface area contributed by atoms with E-state index in [1.54, 1.807) is 0 Å². The lowest BCUT2D eigenvalue weighted by molar-refractivity contribution is -0.300. The van der Waals surface area contributed by atoms with Crippen molar-refractivity contribution in [3.63, 3.8) is 0 Å². The van der Waals surface area contributed by atoms with Gasteiger partial charge in [0.25, 0.3) is 0 Å². The highest BCUT2D eigenvalue weighted by Gasteiger charge is 2.44. The molecule has 0 radical (unpaired) electrons. The van der Waals surface area contributed by atoms with Crippen LogP contribution in [0.4, 0.5) is 0 Å². The van der Waals surface area contributed by atoms with Crippen molar-refractivity contribution in [3.05, 3.63) is 0 Å². The molecule has 6 atom stereocenters. The largest absolute Gasteiger partial charge is 0.394 e. The van der Waals surface area contributed by atoms with Gasteiger partial charge in [-0.15, -0.1) is 0 Å². The molecule has 1 heterocycles. The summed E-state index contributed by atoms with van der Waals surface area (Å²) < 4.78 is 10.7. The van der Waals surface area contributed by atoms with Gasteiger partial charge in [0.05, 0.1) is 32.3 Å². The Morgan fingerprint density at radius 1 is 0.805 bits per heavy atom. The number of carbonyl (C=O) groups excluding carboxylic acids is 5. The second-order valence-electron chi connectivity index (χ2n) is 10.4. The van der Waals surface area contributed by atoms with Gasteiger partial charge in [-0.2, -0.15) is 0 Å². The smallest absolute Gasteiger partial charge is 0.237 e. The first-order valence-corrected chi connectivity index (χ1v) is 14.1. The molecule has 1 saturated heterocycles. The summed E-state index contributed by atoms with van der Waals surface area (Å²) in [5.41, 5.74) is 0. The number of aliphatic hydroxyl groups is 4. The fourth-order valence-corrected chi connectivity index (χ4v) is 4.44. The lowest BCUT2D eigenvalue weighted by Gasteiger charge is -2.39. The summed E-state index contributed by atoms with van der Waals surface area (Å²) >= 11 is 0. The molecule has 1 fully saturated rings. The molecular formula is C27H47N3O11. The van der Waals surface area contributed by atoms with E-state index in [4.69, 9.17) is 9.47 Å². The first-order chi connectivity index (χ1) is 19.4. The maximum atomic E-state index is 13.1. The van der Waals surface area contributed by atoms with Crippen molar-refractivity contribution >= 4 is 29.2 Å². The van der Waals surface area contributed by atoms with E-state index < -0.39 is 49.3 Å². The van der Waals surface area contributed by atoms with E-state index in [1.165, 1.54) is 25.7 Å². The number of rotatable bonds is 21. The van der Waals surface area contributed by atoms with Crippen LogP contribution in [0.25, 0.3) is 0 Å². The van der Waals surface area contributed by atoms with E-state index in [2.05, 4.69) is 10.6 Å². The lowest BCUT2D eigenvalue weighted by atomic mass is 9.99. The van der Waals surface area contributed by atoms with Crippen molar-refractivity contribution in [2.75, 3.05) is 39.4 Å². The maximum Gasteiger partial charge on any atom is 0.237 e. The molecule has 0 spiro atoms. The minimum Gasteiger partial charge on any atom is -0.394 e. The number of nitrogens with zero attached hydrogens (tertiary/aromatic N) is 1. The Balaban J connectivity index is 2.62. The van der Waals surface area contributed by atoms with Gasteiger partial charge in [-0.1, -0.05) is 0 Å². The van der Waals surface area contributed by atoms with Crippen LogP contribution < -0.4 is 10.6 Å². The molecule has 1 aliphatic heterocycles. The van der Waals surface area contributed by atoms with Gasteiger partial charge in [0.1, 0.15) is 41.8 Å². The van der Waals surface area contributed by atoms with Crippen LogP contribution in [0.2, 0.25) is 0 Å². The number of ether oxygens (including phenoxy) is 2. The van der Waals surface area contributed by atoms with Gasteiger partial charge in [-0.25, -0.2) is 0 Å². The molecule has 2 amide bonds. The van der Waals surface area contributed by atoms with Gasteiger partial charge in [0.2, 0.25) is 11.8 Å². The number of ketones is 3. The molecule has 0 saturated carbocycles. The number of unbranched alkanes of at least 4 members (excludes halogenated alkanes) is 2. The van der Waals surface area contributed by atoms with Crippen molar-refractivity contribution in [2.45, 2.75) is 102 Å². The van der Waals surface area contributed by atoms with Gasteiger partial charge in [0, 0.05) is 25.9 Å². The minimum absolute atomic E-state index is 0.0297. The zero-order valence-corrected chi connectivity index (χ0v) is 24.3. The summed E-state index contributed by atoms with van der Waals surface area (Å²) in [5.74, 6) is -0.899. The van der Waals surface area contributed by atoms with Crippen molar-refractivity contribution in [3.8, 4) is 0 Å². The second kappa shape index (κ2) is 19.7. The average Bonchev–Trinajstić information content (AvgIpc) is 2.89. The summed E-state index contributed by atoms with van der Waals surface area (Å²) in [4.78, 5) is 61.3. The molecule has 0 aliphatic carbocycles. The molecule has 0 bridgehead atoms. The average molecular weight is 590 g/mol. The van der Waals surface area contributed by atoms with Crippen LogP contribution in [0.3, 0.4) is 0 Å². The number of amides is 2. The quantitative estimate of drug-likeness (QED) is 0.0819. The third-order valence-electron chi connectivity index (χ3n) is 6.54. The molecule has 14 nitrogen and oxygen atoms in total. The fraction of sp³-hybridized carbons (Fsp3) is 0.815. The van der Waals surface area contributed by atoms with Crippen molar-refractivity contribution in [2.24, 2.45) is 0 Å². The Kier molecular flexibility index (Phi) is 17.7. The molecule has 6 N–H and O–H groups in total. The SMILES string of the molecule is CC(=O)CCCCC(=O)NCCCC[C@@H](C(=O)NCCOC1O[C@H](CO)[C@@H](O)[C@H](O)[C@@H]1O)N(CC(C)=O)CC(C)=O. The Morgan fingerprint density at radius 3 is 2.02 bits per heavy atom. The van der Waals surface area contributed by atoms with Gasteiger partial charge >= 0.3 is 0 Å². The van der Waals surface area contributed by atoms with Crippen molar-refractivity contribution in [1.29, 1.82) is 0 Å². The number of hydrogen-bond donors (Lipinski definition) is 6. The van der Waals surface area contributed by atoms with Crippen LogP contribution in [0.5, 0.6) is 0 Å². The highest BCUT2D eigenvalue weighted by molar-refractivity contribution is 5.85. The standard InChI is InChI=1S/C27H47N3O11/c1-17(32)8-4-5-10-22(35)28-11-7-6-9-20(30(14-18(2)33)15-19(3)34)26(39)29-12-13-40-27-25(38)24(37)23(36)21(16-31)41-27/h20-21,23-25,27,31,36-38H,4-16H2,1-3H3,(H,28,35)(H,29,39)/t20-,21+,23+,24-,25-,27?/m0/s1. The molecule has 0 aromatic rings. The Bertz CT molecular complexity index is 838. The molecular weight excluding hydrogens is 542 g/mol. The van der Waals surface area contributed by atoms with E-state index >= 15 is 0 Å². The van der Waals surface area contributed by atoms with Crippen LogP contribution >= 0.6 is 0 Å². The predicted octanol–water partition coefficient (Wildman–Crippen LogP) is -1.80. The van der Waals surface area contributed by atoms with Crippen molar-refractivity contribution < 1.29 is 53.9 Å². The number of aliphatic hydroxyl groups excluding tert-OH is 4. The van der Waals surface area contributed by atoms with E-state index in [0.717, 1.165) is 0 Å². The first-order valence-electron chi connectivity index (χ1n) is 14.1. The Morgan fingerprint density at radius 2 is 1.44 bits per heavy atom. The first kappa shape index (κ1) is 36.7. The van der Waals surface area contributed by atoms with Crippen LogP contribution in [-0.4, -0.2) is 131 Å². The highest BCUT2D eigenvalue weighted by atomic mass is 16.7. The molecule has 41 heavy (non-hydrogen) atoms. The van der Waals surface area contributed by atoms with E-state index in [-0.39, 0.29) is 49.5 Å². The van der Waals surface area contributed by atoms with Crippen LogP contribution in [-0.2, 0) is 33.4 Å². The van der Waals surface area contributed by atoms with E-state index in [9.17, 15) is 44.4 Å². The topological polar surface area (TPSA) is 212 Å².